The Morgan fingerprint density at radius 2 is 1.74 bits per heavy atom. The quantitative estimate of drug-likeness (QED) is 0.351. The molecule has 0 spiro atoms. The number of likely N-dealkylation sites (N-methyl/N-ethyl adjacent to an activating group) is 1. The highest BCUT2D eigenvalue weighted by atomic mass is 32.1. The molecule has 0 saturated heterocycles. The van der Waals surface area contributed by atoms with Crippen molar-refractivity contribution in [2.45, 2.75) is 33.1 Å². The first-order valence-corrected chi connectivity index (χ1v) is 12.0. The number of amides is 1. The number of thiazole rings is 1. The van der Waals surface area contributed by atoms with E-state index in [1.54, 1.807) is 5.38 Å². The Bertz CT molecular complexity index is 1150. The summed E-state index contributed by atoms with van der Waals surface area (Å²) < 4.78 is 16.7. The summed E-state index contributed by atoms with van der Waals surface area (Å²) in [4.78, 5) is 25.9. The van der Waals surface area contributed by atoms with Crippen molar-refractivity contribution in [3.8, 4) is 22.7 Å². The Labute approximate surface area is 209 Å². The first-order valence-electron chi connectivity index (χ1n) is 11.1. The van der Waals surface area contributed by atoms with Crippen molar-refractivity contribution in [3.05, 3.63) is 40.4 Å². The zero-order valence-electron chi connectivity index (χ0n) is 21.1. The number of anilines is 2. The lowest BCUT2D eigenvalue weighted by Crippen LogP contribution is -2.20. The van der Waals surface area contributed by atoms with Crippen LogP contribution in [0.2, 0.25) is 0 Å². The molecule has 0 aliphatic carbocycles. The molecule has 35 heavy (non-hydrogen) atoms. The number of rotatable bonds is 10. The molecule has 0 fully saturated rings. The molecular formula is C24H32N6O4S. The molecule has 0 atom stereocenters. The van der Waals surface area contributed by atoms with Gasteiger partial charge in [-0.25, -0.2) is 0 Å². The third kappa shape index (κ3) is 6.58. The Morgan fingerprint density at radius 3 is 2.34 bits per heavy atom. The third-order valence-corrected chi connectivity index (χ3v) is 5.81. The van der Waals surface area contributed by atoms with Gasteiger partial charge in [0, 0.05) is 18.5 Å². The SMILES string of the molecule is CNCCNc1nc(OC)c(NC(=O)c2csc(Oc3cc(C(C)(C)C)ccc3C)n2)c(OC)n1. The molecule has 0 unspecified atom stereocenters. The highest BCUT2D eigenvalue weighted by Gasteiger charge is 2.22. The van der Waals surface area contributed by atoms with Crippen LogP contribution >= 0.6 is 11.3 Å². The minimum Gasteiger partial charge on any atom is -0.479 e. The van der Waals surface area contributed by atoms with Gasteiger partial charge in [0.25, 0.3) is 11.1 Å². The summed E-state index contributed by atoms with van der Waals surface area (Å²) in [5, 5.41) is 10.8. The summed E-state index contributed by atoms with van der Waals surface area (Å²) in [6, 6.07) is 6.12. The van der Waals surface area contributed by atoms with Crippen molar-refractivity contribution in [2.75, 3.05) is 45.0 Å². The molecule has 0 saturated carbocycles. The van der Waals surface area contributed by atoms with Gasteiger partial charge in [0.2, 0.25) is 17.7 Å². The second kappa shape index (κ2) is 11.3. The summed E-state index contributed by atoms with van der Waals surface area (Å²) >= 11 is 1.24. The highest BCUT2D eigenvalue weighted by molar-refractivity contribution is 7.11. The van der Waals surface area contributed by atoms with E-state index in [4.69, 9.17) is 14.2 Å². The second-order valence-electron chi connectivity index (χ2n) is 8.76. The molecule has 0 aliphatic rings. The Balaban J connectivity index is 1.78. The molecule has 2 aromatic heterocycles. The van der Waals surface area contributed by atoms with Gasteiger partial charge >= 0.3 is 0 Å². The topological polar surface area (TPSA) is 120 Å². The summed E-state index contributed by atoms with van der Waals surface area (Å²) in [5.41, 5.74) is 2.51. The molecule has 1 aromatic carbocycles. The summed E-state index contributed by atoms with van der Waals surface area (Å²) in [6.07, 6.45) is 0. The maximum absolute atomic E-state index is 13.0. The smallest absolute Gasteiger partial charge is 0.279 e. The average Bonchev–Trinajstić information content (AvgIpc) is 3.29. The van der Waals surface area contributed by atoms with Gasteiger partial charge in [0.15, 0.2) is 5.69 Å². The third-order valence-electron chi connectivity index (χ3n) is 5.09. The van der Waals surface area contributed by atoms with E-state index in [2.05, 4.69) is 57.7 Å². The zero-order valence-corrected chi connectivity index (χ0v) is 21.9. The van der Waals surface area contributed by atoms with Crippen LogP contribution in [0.25, 0.3) is 0 Å². The average molecular weight is 501 g/mol. The normalized spacial score (nSPS) is 11.2. The summed E-state index contributed by atoms with van der Waals surface area (Å²) in [7, 11) is 4.76. The molecule has 0 radical (unpaired) electrons. The van der Waals surface area contributed by atoms with E-state index in [0.717, 1.165) is 17.7 Å². The fraction of sp³-hybridized carbons (Fsp3) is 0.417. The molecule has 1 amide bonds. The predicted octanol–water partition coefficient (Wildman–Crippen LogP) is 4.23. The summed E-state index contributed by atoms with van der Waals surface area (Å²) in [5.74, 6) is 0.894. The zero-order chi connectivity index (χ0) is 25.6. The molecule has 2 heterocycles. The van der Waals surface area contributed by atoms with E-state index >= 15 is 0 Å². The molecule has 3 aromatic rings. The number of ether oxygens (including phenoxy) is 3. The van der Waals surface area contributed by atoms with Gasteiger partial charge in [-0.15, -0.1) is 0 Å². The Morgan fingerprint density at radius 1 is 1.06 bits per heavy atom. The lowest BCUT2D eigenvalue weighted by Gasteiger charge is -2.20. The molecule has 3 rings (SSSR count). The number of nitrogens with one attached hydrogen (secondary N) is 3. The van der Waals surface area contributed by atoms with Crippen LogP contribution in [0.4, 0.5) is 11.6 Å². The minimum absolute atomic E-state index is 0.0160. The lowest BCUT2D eigenvalue weighted by molar-refractivity contribution is 0.102. The van der Waals surface area contributed by atoms with Gasteiger partial charge < -0.3 is 30.2 Å². The van der Waals surface area contributed by atoms with Gasteiger partial charge in [0.05, 0.1) is 14.2 Å². The van der Waals surface area contributed by atoms with Crippen LogP contribution in [0.3, 0.4) is 0 Å². The Hall–Kier alpha value is -3.44. The van der Waals surface area contributed by atoms with Crippen molar-refractivity contribution in [1.82, 2.24) is 20.3 Å². The second-order valence-corrected chi connectivity index (χ2v) is 9.58. The molecule has 188 valence electrons. The fourth-order valence-electron chi connectivity index (χ4n) is 3.06. The number of benzene rings is 1. The van der Waals surface area contributed by atoms with E-state index in [1.807, 2.05) is 26.1 Å². The van der Waals surface area contributed by atoms with E-state index in [0.29, 0.717) is 23.4 Å². The Kier molecular flexibility index (Phi) is 8.47. The molecule has 10 nitrogen and oxygen atoms in total. The van der Waals surface area contributed by atoms with Crippen LogP contribution in [0.1, 0.15) is 42.4 Å². The van der Waals surface area contributed by atoms with Crippen molar-refractivity contribution >= 4 is 28.9 Å². The molecule has 0 bridgehead atoms. The lowest BCUT2D eigenvalue weighted by atomic mass is 9.86. The number of aromatic nitrogens is 3. The number of methoxy groups -OCH3 is 2. The van der Waals surface area contributed by atoms with Crippen molar-refractivity contribution in [1.29, 1.82) is 0 Å². The van der Waals surface area contributed by atoms with Crippen LogP contribution in [0.5, 0.6) is 22.7 Å². The molecule has 11 heteroatoms. The van der Waals surface area contributed by atoms with E-state index < -0.39 is 5.91 Å². The van der Waals surface area contributed by atoms with Gasteiger partial charge in [-0.1, -0.05) is 44.2 Å². The maximum atomic E-state index is 13.0. The van der Waals surface area contributed by atoms with E-state index in [1.165, 1.54) is 25.6 Å². The van der Waals surface area contributed by atoms with Crippen LogP contribution < -0.4 is 30.2 Å². The number of nitrogens with zero attached hydrogens (tertiary/aromatic N) is 3. The highest BCUT2D eigenvalue weighted by Crippen LogP contribution is 2.35. The number of hydrogen-bond donors (Lipinski definition) is 3. The number of carbonyl (C=O) groups excluding carboxylic acids is 1. The van der Waals surface area contributed by atoms with Crippen LogP contribution in [-0.4, -0.2) is 55.2 Å². The van der Waals surface area contributed by atoms with Crippen LogP contribution in [-0.2, 0) is 5.41 Å². The van der Waals surface area contributed by atoms with Gasteiger partial charge in [-0.05, 0) is 36.6 Å². The minimum atomic E-state index is -0.465. The largest absolute Gasteiger partial charge is 0.479 e. The van der Waals surface area contributed by atoms with E-state index in [-0.39, 0.29) is 28.6 Å². The fourth-order valence-corrected chi connectivity index (χ4v) is 3.72. The predicted molar refractivity (Wildman–Crippen MR) is 138 cm³/mol. The van der Waals surface area contributed by atoms with Gasteiger partial charge in [0.1, 0.15) is 11.4 Å². The standard InChI is InChI=1S/C24H32N6O4S/c1-14-8-9-15(24(2,3)4)12-17(14)34-23-27-16(13-35-23)19(31)28-18-20(32-6)29-22(26-11-10-25-5)30-21(18)33-7/h8-9,12-13,25H,10-11H2,1-7H3,(H,28,31)(H,26,29,30). The number of carbonyl (C=O) groups is 1. The first-order chi connectivity index (χ1) is 16.7. The van der Waals surface area contributed by atoms with Crippen molar-refractivity contribution in [3.63, 3.8) is 0 Å². The van der Waals surface area contributed by atoms with Crippen molar-refractivity contribution < 1.29 is 19.0 Å². The van der Waals surface area contributed by atoms with Crippen LogP contribution in [0, 0.1) is 6.92 Å². The molecular weight excluding hydrogens is 468 g/mol. The monoisotopic (exact) mass is 500 g/mol. The number of aryl methyl sites for hydroxylation is 1. The maximum Gasteiger partial charge on any atom is 0.279 e. The first kappa shape index (κ1) is 26.2. The van der Waals surface area contributed by atoms with Gasteiger partial charge in [-0.2, -0.15) is 15.0 Å². The summed E-state index contributed by atoms with van der Waals surface area (Å²) in [6.45, 7) is 9.73. The van der Waals surface area contributed by atoms with Crippen molar-refractivity contribution in [2.24, 2.45) is 0 Å². The van der Waals surface area contributed by atoms with E-state index in [9.17, 15) is 4.79 Å². The van der Waals surface area contributed by atoms with Crippen LogP contribution in [0.15, 0.2) is 23.6 Å². The number of hydrogen-bond acceptors (Lipinski definition) is 10. The van der Waals surface area contributed by atoms with Gasteiger partial charge in [-0.3, -0.25) is 4.79 Å². The molecule has 3 N–H and O–H groups in total. The molecule has 0 aliphatic heterocycles.